The maximum atomic E-state index is 11.5. The third-order valence-electron chi connectivity index (χ3n) is 3.36. The molecule has 0 aromatic rings. The fourth-order valence-corrected chi connectivity index (χ4v) is 2.20. The van der Waals surface area contributed by atoms with Gasteiger partial charge in [0.1, 0.15) is 6.04 Å². The van der Waals surface area contributed by atoms with E-state index in [2.05, 4.69) is 6.92 Å². The summed E-state index contributed by atoms with van der Waals surface area (Å²) >= 11 is 0. The van der Waals surface area contributed by atoms with Crippen LogP contribution < -0.4 is 5.73 Å². The van der Waals surface area contributed by atoms with Crippen molar-refractivity contribution in [2.45, 2.75) is 64.3 Å². The Bertz CT molecular complexity index is 200. The van der Waals surface area contributed by atoms with Crippen molar-refractivity contribution >= 4 is 5.97 Å². The predicted molar refractivity (Wildman–Crippen MR) is 65.0 cm³/mol. The molecule has 1 saturated carbocycles. The topological polar surface area (TPSA) is 52.3 Å². The van der Waals surface area contributed by atoms with E-state index < -0.39 is 6.04 Å². The van der Waals surface area contributed by atoms with Crippen LogP contribution in [0.15, 0.2) is 0 Å². The molecule has 0 aromatic carbocycles. The number of carbonyl (C=O) groups excluding carboxylic acids is 1. The maximum Gasteiger partial charge on any atom is 0.322 e. The Morgan fingerprint density at radius 1 is 1.38 bits per heavy atom. The molecular weight excluding hydrogens is 202 g/mol. The summed E-state index contributed by atoms with van der Waals surface area (Å²) in [5.41, 5.74) is 5.74. The third kappa shape index (κ3) is 4.97. The van der Waals surface area contributed by atoms with Crippen LogP contribution in [0.5, 0.6) is 0 Å². The van der Waals surface area contributed by atoms with E-state index in [1.165, 1.54) is 32.1 Å². The number of rotatable bonds is 6. The largest absolute Gasteiger partial charge is 0.464 e. The van der Waals surface area contributed by atoms with Crippen LogP contribution in [0.25, 0.3) is 0 Å². The van der Waals surface area contributed by atoms with E-state index in [9.17, 15) is 4.79 Å². The summed E-state index contributed by atoms with van der Waals surface area (Å²) in [7, 11) is 0. The highest BCUT2D eigenvalue weighted by Crippen LogP contribution is 2.23. The first-order valence-corrected chi connectivity index (χ1v) is 6.66. The Morgan fingerprint density at radius 2 is 2.06 bits per heavy atom. The van der Waals surface area contributed by atoms with Gasteiger partial charge in [-0.15, -0.1) is 0 Å². The highest BCUT2D eigenvalue weighted by molar-refractivity contribution is 5.75. The molecule has 16 heavy (non-hydrogen) atoms. The Balaban J connectivity index is 2.12. The van der Waals surface area contributed by atoms with Gasteiger partial charge in [0, 0.05) is 0 Å². The number of nitrogens with two attached hydrogens (primary N) is 1. The normalized spacial score (nSPS) is 19.4. The number of unbranched alkanes of at least 4 members (excludes halogenated alkanes) is 1. The van der Waals surface area contributed by atoms with Crippen molar-refractivity contribution < 1.29 is 9.53 Å². The SMILES string of the molecule is CCCC[C@H](N)C(=O)OCC1CCCCC1. The summed E-state index contributed by atoms with van der Waals surface area (Å²) in [5.74, 6) is 0.370. The van der Waals surface area contributed by atoms with E-state index in [1.807, 2.05) is 0 Å². The van der Waals surface area contributed by atoms with Gasteiger partial charge >= 0.3 is 5.97 Å². The number of hydrogen-bond acceptors (Lipinski definition) is 3. The Hall–Kier alpha value is -0.570. The fourth-order valence-electron chi connectivity index (χ4n) is 2.20. The van der Waals surface area contributed by atoms with Crippen LogP contribution in [0.4, 0.5) is 0 Å². The Morgan fingerprint density at radius 3 is 2.69 bits per heavy atom. The molecule has 0 radical (unpaired) electrons. The van der Waals surface area contributed by atoms with Crippen molar-refractivity contribution in [2.75, 3.05) is 6.61 Å². The van der Waals surface area contributed by atoms with Crippen LogP contribution in [0.2, 0.25) is 0 Å². The summed E-state index contributed by atoms with van der Waals surface area (Å²) in [4.78, 5) is 11.5. The second-order valence-electron chi connectivity index (χ2n) is 4.88. The predicted octanol–water partition coefficient (Wildman–Crippen LogP) is 2.63. The molecule has 0 aliphatic heterocycles. The molecule has 1 fully saturated rings. The molecule has 1 atom stereocenters. The van der Waals surface area contributed by atoms with Crippen molar-refractivity contribution in [2.24, 2.45) is 11.7 Å². The van der Waals surface area contributed by atoms with Crippen LogP contribution in [-0.2, 0) is 9.53 Å². The number of ether oxygens (including phenoxy) is 1. The first-order chi connectivity index (χ1) is 7.74. The first-order valence-electron chi connectivity index (χ1n) is 6.66. The standard InChI is InChI=1S/C13H25NO2/c1-2-3-9-12(14)13(15)16-10-11-7-5-4-6-8-11/h11-12H,2-10,14H2,1H3/t12-/m0/s1. The molecule has 1 rings (SSSR count). The molecule has 0 unspecified atom stereocenters. The maximum absolute atomic E-state index is 11.5. The third-order valence-corrected chi connectivity index (χ3v) is 3.36. The Kier molecular flexibility index (Phi) is 6.46. The molecule has 0 heterocycles. The quantitative estimate of drug-likeness (QED) is 0.710. The van der Waals surface area contributed by atoms with E-state index in [4.69, 9.17) is 10.5 Å². The first kappa shape index (κ1) is 13.5. The average molecular weight is 227 g/mol. The highest BCUT2D eigenvalue weighted by atomic mass is 16.5. The van der Waals surface area contributed by atoms with Crippen LogP contribution in [-0.4, -0.2) is 18.6 Å². The molecule has 0 amide bonds. The Labute approximate surface area is 98.7 Å². The monoisotopic (exact) mass is 227 g/mol. The van der Waals surface area contributed by atoms with Gasteiger partial charge < -0.3 is 10.5 Å². The summed E-state index contributed by atoms with van der Waals surface area (Å²) in [6.07, 6.45) is 9.13. The van der Waals surface area contributed by atoms with Gasteiger partial charge in [0.2, 0.25) is 0 Å². The van der Waals surface area contributed by atoms with Crippen molar-refractivity contribution in [3.63, 3.8) is 0 Å². The van der Waals surface area contributed by atoms with Gasteiger partial charge in [0.25, 0.3) is 0 Å². The lowest BCUT2D eigenvalue weighted by Gasteiger charge is -2.21. The molecule has 3 heteroatoms. The van der Waals surface area contributed by atoms with Gasteiger partial charge in [-0.2, -0.15) is 0 Å². The molecule has 0 aromatic heterocycles. The summed E-state index contributed by atoms with van der Waals surface area (Å²) in [6.45, 7) is 2.68. The van der Waals surface area contributed by atoms with Crippen LogP contribution in [0.3, 0.4) is 0 Å². The zero-order valence-electron chi connectivity index (χ0n) is 10.4. The lowest BCUT2D eigenvalue weighted by atomic mass is 9.90. The number of esters is 1. The molecule has 1 aliphatic carbocycles. The van der Waals surface area contributed by atoms with E-state index in [-0.39, 0.29) is 5.97 Å². The van der Waals surface area contributed by atoms with Gasteiger partial charge in [0.15, 0.2) is 0 Å². The molecule has 0 saturated heterocycles. The average Bonchev–Trinajstić information content (AvgIpc) is 2.34. The summed E-state index contributed by atoms with van der Waals surface area (Å²) in [5, 5.41) is 0. The molecule has 2 N–H and O–H groups in total. The van der Waals surface area contributed by atoms with Crippen molar-refractivity contribution in [1.29, 1.82) is 0 Å². The minimum atomic E-state index is -0.413. The zero-order valence-corrected chi connectivity index (χ0v) is 10.4. The van der Waals surface area contributed by atoms with E-state index in [0.29, 0.717) is 12.5 Å². The lowest BCUT2D eigenvalue weighted by molar-refractivity contribution is -0.147. The van der Waals surface area contributed by atoms with Gasteiger partial charge in [-0.25, -0.2) is 0 Å². The van der Waals surface area contributed by atoms with Crippen molar-refractivity contribution in [3.8, 4) is 0 Å². The number of carbonyl (C=O) groups is 1. The van der Waals surface area contributed by atoms with Gasteiger partial charge in [-0.1, -0.05) is 39.0 Å². The van der Waals surface area contributed by atoms with Crippen LogP contribution >= 0.6 is 0 Å². The van der Waals surface area contributed by atoms with Crippen molar-refractivity contribution in [3.05, 3.63) is 0 Å². The van der Waals surface area contributed by atoms with E-state index in [1.54, 1.807) is 0 Å². The molecular formula is C13H25NO2. The molecule has 94 valence electrons. The van der Waals surface area contributed by atoms with Crippen molar-refractivity contribution in [1.82, 2.24) is 0 Å². The van der Waals surface area contributed by atoms with Gasteiger partial charge in [-0.05, 0) is 25.2 Å². The second-order valence-corrected chi connectivity index (χ2v) is 4.88. The van der Waals surface area contributed by atoms with E-state index in [0.717, 1.165) is 19.3 Å². The summed E-state index contributed by atoms with van der Waals surface area (Å²) in [6, 6.07) is -0.413. The lowest BCUT2D eigenvalue weighted by Crippen LogP contribution is -2.33. The molecule has 1 aliphatic rings. The van der Waals surface area contributed by atoms with Crippen LogP contribution in [0.1, 0.15) is 58.3 Å². The van der Waals surface area contributed by atoms with Gasteiger partial charge in [0.05, 0.1) is 6.61 Å². The minimum Gasteiger partial charge on any atom is -0.464 e. The molecule has 0 bridgehead atoms. The molecule has 0 spiro atoms. The van der Waals surface area contributed by atoms with Gasteiger partial charge in [-0.3, -0.25) is 4.79 Å². The van der Waals surface area contributed by atoms with Crippen LogP contribution in [0, 0.1) is 5.92 Å². The molecule has 3 nitrogen and oxygen atoms in total. The summed E-state index contributed by atoms with van der Waals surface area (Å²) < 4.78 is 5.28. The second kappa shape index (κ2) is 7.66. The van der Waals surface area contributed by atoms with E-state index >= 15 is 0 Å². The minimum absolute atomic E-state index is 0.209. The zero-order chi connectivity index (χ0) is 11.8. The highest BCUT2D eigenvalue weighted by Gasteiger charge is 2.18. The fraction of sp³-hybridized carbons (Fsp3) is 0.923. The smallest absolute Gasteiger partial charge is 0.322 e. The number of hydrogen-bond donors (Lipinski definition) is 1.